The fourth-order valence-electron chi connectivity index (χ4n) is 1.15. The Morgan fingerprint density at radius 3 is 2.67 bits per heavy atom. The SMILES string of the molecule is C[C@@H](O)[C@@H]1CCCCS1. The van der Waals surface area contributed by atoms with Crippen LogP contribution in [0.5, 0.6) is 0 Å². The molecule has 1 saturated heterocycles. The third kappa shape index (κ3) is 2.18. The van der Waals surface area contributed by atoms with Gasteiger partial charge in [-0.1, -0.05) is 6.42 Å². The van der Waals surface area contributed by atoms with Crippen LogP contribution in [0.3, 0.4) is 0 Å². The zero-order valence-corrected chi connectivity index (χ0v) is 6.66. The zero-order chi connectivity index (χ0) is 6.69. The van der Waals surface area contributed by atoms with Crippen molar-refractivity contribution >= 4 is 11.8 Å². The first kappa shape index (κ1) is 7.42. The van der Waals surface area contributed by atoms with E-state index in [1.807, 2.05) is 18.7 Å². The van der Waals surface area contributed by atoms with Crippen LogP contribution in [-0.4, -0.2) is 22.2 Å². The van der Waals surface area contributed by atoms with Crippen LogP contribution in [0.1, 0.15) is 26.2 Å². The molecule has 0 unspecified atom stereocenters. The van der Waals surface area contributed by atoms with E-state index >= 15 is 0 Å². The van der Waals surface area contributed by atoms with Crippen molar-refractivity contribution in [3.05, 3.63) is 0 Å². The molecule has 0 radical (unpaired) electrons. The van der Waals surface area contributed by atoms with E-state index < -0.39 is 0 Å². The lowest BCUT2D eigenvalue weighted by Crippen LogP contribution is -2.22. The van der Waals surface area contributed by atoms with Gasteiger partial charge in [0.05, 0.1) is 6.10 Å². The summed E-state index contributed by atoms with van der Waals surface area (Å²) >= 11 is 1.92. The molecule has 1 aliphatic rings. The average molecular weight is 146 g/mol. The maximum atomic E-state index is 9.16. The van der Waals surface area contributed by atoms with Gasteiger partial charge in [0.1, 0.15) is 0 Å². The van der Waals surface area contributed by atoms with Crippen molar-refractivity contribution in [1.82, 2.24) is 0 Å². The van der Waals surface area contributed by atoms with Crippen LogP contribution < -0.4 is 0 Å². The average Bonchev–Trinajstić information content (AvgIpc) is 1.90. The van der Waals surface area contributed by atoms with Crippen molar-refractivity contribution in [3.8, 4) is 0 Å². The lowest BCUT2D eigenvalue weighted by atomic mass is 10.1. The summed E-state index contributed by atoms with van der Waals surface area (Å²) < 4.78 is 0. The Morgan fingerprint density at radius 2 is 2.33 bits per heavy atom. The number of rotatable bonds is 1. The van der Waals surface area contributed by atoms with Gasteiger partial charge >= 0.3 is 0 Å². The molecule has 0 aromatic carbocycles. The van der Waals surface area contributed by atoms with E-state index in [1.54, 1.807) is 0 Å². The molecule has 1 aliphatic heterocycles. The molecule has 1 heterocycles. The molecule has 0 aliphatic carbocycles. The molecule has 9 heavy (non-hydrogen) atoms. The summed E-state index contributed by atoms with van der Waals surface area (Å²) in [6.07, 6.45) is 3.76. The molecule has 0 amide bonds. The van der Waals surface area contributed by atoms with Crippen LogP contribution >= 0.6 is 11.8 Å². The number of hydrogen-bond donors (Lipinski definition) is 1. The molecule has 2 heteroatoms. The van der Waals surface area contributed by atoms with Gasteiger partial charge in [-0.05, 0) is 25.5 Å². The monoisotopic (exact) mass is 146 g/mol. The Bertz CT molecular complexity index is 77.0. The number of hydrogen-bond acceptors (Lipinski definition) is 2. The van der Waals surface area contributed by atoms with Crippen molar-refractivity contribution in [2.45, 2.75) is 37.5 Å². The van der Waals surface area contributed by atoms with Crippen LogP contribution in [0, 0.1) is 0 Å². The summed E-state index contributed by atoms with van der Waals surface area (Å²) in [6.45, 7) is 1.89. The summed E-state index contributed by atoms with van der Waals surface area (Å²) in [7, 11) is 0. The van der Waals surface area contributed by atoms with E-state index in [4.69, 9.17) is 5.11 Å². The molecule has 2 atom stereocenters. The Labute approximate surface area is 60.8 Å². The van der Waals surface area contributed by atoms with Crippen molar-refractivity contribution in [3.63, 3.8) is 0 Å². The Kier molecular flexibility index (Phi) is 2.86. The highest BCUT2D eigenvalue weighted by molar-refractivity contribution is 8.00. The normalized spacial score (nSPS) is 32.0. The van der Waals surface area contributed by atoms with Gasteiger partial charge in [-0.25, -0.2) is 0 Å². The minimum absolute atomic E-state index is 0.102. The molecule has 0 aromatic heterocycles. The minimum atomic E-state index is -0.102. The quantitative estimate of drug-likeness (QED) is 0.607. The third-order valence-corrected chi connectivity index (χ3v) is 3.34. The van der Waals surface area contributed by atoms with E-state index in [1.165, 1.54) is 25.0 Å². The van der Waals surface area contributed by atoms with Gasteiger partial charge in [-0.15, -0.1) is 0 Å². The van der Waals surface area contributed by atoms with Crippen LogP contribution in [0.25, 0.3) is 0 Å². The van der Waals surface area contributed by atoms with Gasteiger partial charge in [0.2, 0.25) is 0 Å². The molecule has 1 rings (SSSR count). The van der Waals surface area contributed by atoms with Gasteiger partial charge in [0.15, 0.2) is 0 Å². The summed E-state index contributed by atoms with van der Waals surface area (Å²) in [5.41, 5.74) is 0. The zero-order valence-electron chi connectivity index (χ0n) is 5.84. The first-order chi connectivity index (χ1) is 4.30. The van der Waals surface area contributed by atoms with Crippen LogP contribution in [0.4, 0.5) is 0 Å². The molecule has 0 bridgehead atoms. The fraction of sp³-hybridized carbons (Fsp3) is 1.00. The second kappa shape index (κ2) is 3.47. The summed E-state index contributed by atoms with van der Waals surface area (Å²) in [5.74, 6) is 1.25. The van der Waals surface area contributed by atoms with E-state index in [9.17, 15) is 0 Å². The van der Waals surface area contributed by atoms with Crippen LogP contribution in [-0.2, 0) is 0 Å². The van der Waals surface area contributed by atoms with Gasteiger partial charge in [-0.3, -0.25) is 0 Å². The van der Waals surface area contributed by atoms with E-state index in [-0.39, 0.29) is 6.10 Å². The second-order valence-electron chi connectivity index (χ2n) is 2.65. The van der Waals surface area contributed by atoms with Crippen molar-refractivity contribution < 1.29 is 5.11 Å². The van der Waals surface area contributed by atoms with Crippen LogP contribution in [0.2, 0.25) is 0 Å². The second-order valence-corrected chi connectivity index (χ2v) is 3.99. The predicted molar refractivity (Wildman–Crippen MR) is 41.8 cm³/mol. The molecule has 1 nitrogen and oxygen atoms in total. The summed E-state index contributed by atoms with van der Waals surface area (Å²) in [4.78, 5) is 0. The van der Waals surface area contributed by atoms with Crippen LogP contribution in [0.15, 0.2) is 0 Å². The predicted octanol–water partition coefficient (Wildman–Crippen LogP) is 1.65. The first-order valence-electron chi connectivity index (χ1n) is 3.60. The topological polar surface area (TPSA) is 20.2 Å². The number of aliphatic hydroxyl groups is 1. The molecular weight excluding hydrogens is 132 g/mol. The van der Waals surface area contributed by atoms with Crippen molar-refractivity contribution in [2.75, 3.05) is 5.75 Å². The first-order valence-corrected chi connectivity index (χ1v) is 4.65. The van der Waals surface area contributed by atoms with Crippen molar-refractivity contribution in [2.24, 2.45) is 0 Å². The lowest BCUT2D eigenvalue weighted by Gasteiger charge is -2.23. The maximum absolute atomic E-state index is 9.16. The maximum Gasteiger partial charge on any atom is 0.0630 e. The molecule has 1 N–H and O–H groups in total. The highest BCUT2D eigenvalue weighted by atomic mass is 32.2. The Balaban J connectivity index is 2.23. The van der Waals surface area contributed by atoms with Gasteiger partial charge in [-0.2, -0.15) is 11.8 Å². The van der Waals surface area contributed by atoms with E-state index in [0.717, 1.165) is 0 Å². The van der Waals surface area contributed by atoms with E-state index in [0.29, 0.717) is 5.25 Å². The largest absolute Gasteiger partial charge is 0.392 e. The molecule has 0 saturated carbocycles. The molecule has 54 valence electrons. The Hall–Kier alpha value is 0.310. The third-order valence-electron chi connectivity index (χ3n) is 1.75. The van der Waals surface area contributed by atoms with Crippen molar-refractivity contribution in [1.29, 1.82) is 0 Å². The number of aliphatic hydroxyl groups excluding tert-OH is 1. The molecule has 1 fully saturated rings. The number of thioether (sulfide) groups is 1. The summed E-state index contributed by atoms with van der Waals surface area (Å²) in [5, 5.41) is 9.68. The Morgan fingerprint density at radius 1 is 1.56 bits per heavy atom. The fourth-order valence-corrected chi connectivity index (χ4v) is 2.43. The smallest absolute Gasteiger partial charge is 0.0630 e. The van der Waals surface area contributed by atoms with Gasteiger partial charge in [0, 0.05) is 5.25 Å². The minimum Gasteiger partial charge on any atom is -0.392 e. The lowest BCUT2D eigenvalue weighted by molar-refractivity contribution is 0.185. The highest BCUT2D eigenvalue weighted by Gasteiger charge is 2.17. The standard InChI is InChI=1S/C7H14OS/c1-6(8)7-4-2-3-5-9-7/h6-8H,2-5H2,1H3/t6-,7+/m1/s1. The molecule has 0 spiro atoms. The molecule has 0 aromatic rings. The van der Waals surface area contributed by atoms with Gasteiger partial charge in [0.25, 0.3) is 0 Å². The van der Waals surface area contributed by atoms with E-state index in [2.05, 4.69) is 0 Å². The van der Waals surface area contributed by atoms with Gasteiger partial charge < -0.3 is 5.11 Å². The highest BCUT2D eigenvalue weighted by Crippen LogP contribution is 2.27. The molecular formula is C7H14OS. The summed E-state index contributed by atoms with van der Waals surface area (Å²) in [6, 6.07) is 0.